The average Bonchev–Trinajstić information content (AvgIpc) is 2.33. The van der Waals surface area contributed by atoms with Crippen LogP contribution in [0, 0.1) is 0 Å². The van der Waals surface area contributed by atoms with Crippen LogP contribution >= 0.6 is 11.6 Å². The molecule has 5 heteroatoms. The first-order valence-electron chi connectivity index (χ1n) is 6.19. The Hall–Kier alpha value is -1.26. The topological polar surface area (TPSA) is 50.4 Å². The first kappa shape index (κ1) is 15.8. The van der Waals surface area contributed by atoms with Gasteiger partial charge in [-0.25, -0.2) is 0 Å². The number of rotatable bonds is 5. The van der Waals surface area contributed by atoms with Crippen molar-refractivity contribution in [1.82, 2.24) is 10.6 Å². The summed E-state index contributed by atoms with van der Waals surface area (Å²) in [6.45, 7) is 6.81. The number of carbonyl (C=O) groups excluding carboxylic acids is 1. The zero-order valence-electron chi connectivity index (χ0n) is 11.8. The molecule has 0 atom stereocenters. The molecule has 0 saturated heterocycles. The number of carbonyl (C=O) groups is 1. The number of hydrogen-bond donors (Lipinski definition) is 2. The van der Waals surface area contributed by atoms with Gasteiger partial charge in [0.15, 0.2) is 6.61 Å². The molecule has 0 spiro atoms. The molecule has 0 bridgehead atoms. The third-order valence-corrected chi connectivity index (χ3v) is 2.86. The molecule has 106 valence electrons. The molecule has 0 aliphatic heterocycles. The molecule has 1 rings (SSSR count). The standard InChI is InChI=1S/C14H21ClN2O2/c1-14(2,3)17-8-10-11(15)6-5-7-12(10)19-9-13(18)16-4/h5-7,17H,8-9H2,1-4H3,(H,16,18). The highest BCUT2D eigenvalue weighted by Crippen LogP contribution is 2.26. The molecule has 0 saturated carbocycles. The molecule has 0 radical (unpaired) electrons. The van der Waals surface area contributed by atoms with Gasteiger partial charge in [0, 0.05) is 29.7 Å². The maximum absolute atomic E-state index is 11.2. The van der Waals surface area contributed by atoms with Crippen molar-refractivity contribution < 1.29 is 9.53 Å². The number of amides is 1. The van der Waals surface area contributed by atoms with Gasteiger partial charge in [-0.05, 0) is 32.9 Å². The van der Waals surface area contributed by atoms with E-state index in [1.807, 2.05) is 18.2 Å². The fourth-order valence-corrected chi connectivity index (χ4v) is 1.65. The van der Waals surface area contributed by atoms with E-state index in [0.717, 1.165) is 5.56 Å². The third-order valence-electron chi connectivity index (χ3n) is 2.51. The second-order valence-electron chi connectivity index (χ2n) is 5.28. The highest BCUT2D eigenvalue weighted by atomic mass is 35.5. The van der Waals surface area contributed by atoms with Crippen LogP contribution in [0.1, 0.15) is 26.3 Å². The van der Waals surface area contributed by atoms with Gasteiger partial charge in [0.2, 0.25) is 0 Å². The van der Waals surface area contributed by atoms with Crippen LogP contribution in [0.15, 0.2) is 18.2 Å². The van der Waals surface area contributed by atoms with Crippen LogP contribution < -0.4 is 15.4 Å². The minimum Gasteiger partial charge on any atom is -0.483 e. The van der Waals surface area contributed by atoms with Gasteiger partial charge in [-0.3, -0.25) is 4.79 Å². The molecule has 0 unspecified atom stereocenters. The lowest BCUT2D eigenvalue weighted by molar-refractivity contribution is -0.122. The van der Waals surface area contributed by atoms with Gasteiger partial charge in [0.25, 0.3) is 5.91 Å². The fourth-order valence-electron chi connectivity index (χ4n) is 1.41. The van der Waals surface area contributed by atoms with Gasteiger partial charge in [-0.1, -0.05) is 17.7 Å². The molecule has 1 aromatic rings. The highest BCUT2D eigenvalue weighted by molar-refractivity contribution is 6.31. The van der Waals surface area contributed by atoms with Gasteiger partial charge >= 0.3 is 0 Å². The smallest absolute Gasteiger partial charge is 0.257 e. The Bertz CT molecular complexity index is 442. The molecule has 0 aromatic heterocycles. The van der Waals surface area contributed by atoms with Crippen LogP contribution in [0.2, 0.25) is 5.02 Å². The molecule has 0 aliphatic carbocycles. The summed E-state index contributed by atoms with van der Waals surface area (Å²) in [6.07, 6.45) is 0. The summed E-state index contributed by atoms with van der Waals surface area (Å²) in [6, 6.07) is 5.44. The first-order valence-corrected chi connectivity index (χ1v) is 6.57. The quantitative estimate of drug-likeness (QED) is 0.873. The number of hydrogen-bond acceptors (Lipinski definition) is 3. The molecule has 19 heavy (non-hydrogen) atoms. The van der Waals surface area contributed by atoms with E-state index in [1.165, 1.54) is 0 Å². The lowest BCUT2D eigenvalue weighted by Gasteiger charge is -2.22. The van der Waals surface area contributed by atoms with Crippen LogP contribution in [0.3, 0.4) is 0 Å². The lowest BCUT2D eigenvalue weighted by atomic mass is 10.1. The van der Waals surface area contributed by atoms with Crippen molar-refractivity contribution in [1.29, 1.82) is 0 Å². The van der Waals surface area contributed by atoms with Crippen molar-refractivity contribution in [3.8, 4) is 5.75 Å². The maximum Gasteiger partial charge on any atom is 0.257 e. The van der Waals surface area contributed by atoms with Gasteiger partial charge < -0.3 is 15.4 Å². The summed E-state index contributed by atoms with van der Waals surface area (Å²) in [5, 5.41) is 6.50. The van der Waals surface area contributed by atoms with E-state index < -0.39 is 0 Å². The molecule has 1 amide bonds. The van der Waals surface area contributed by atoms with Gasteiger partial charge in [0.05, 0.1) is 0 Å². The second kappa shape index (κ2) is 6.78. The van der Waals surface area contributed by atoms with Crippen LogP contribution in [0.4, 0.5) is 0 Å². The van der Waals surface area contributed by atoms with Gasteiger partial charge in [-0.15, -0.1) is 0 Å². The largest absolute Gasteiger partial charge is 0.483 e. The number of likely N-dealkylation sites (N-methyl/N-ethyl adjacent to an activating group) is 1. The monoisotopic (exact) mass is 284 g/mol. The summed E-state index contributed by atoms with van der Waals surface area (Å²) in [5.41, 5.74) is 0.847. The van der Waals surface area contributed by atoms with Crippen LogP contribution in [-0.2, 0) is 11.3 Å². The minimum atomic E-state index is -0.172. The Morgan fingerprint density at radius 1 is 1.37 bits per heavy atom. The normalized spacial score (nSPS) is 11.2. The van der Waals surface area contributed by atoms with Crippen LogP contribution in [0.25, 0.3) is 0 Å². The number of halogens is 1. The SMILES string of the molecule is CNC(=O)COc1cccc(Cl)c1CNC(C)(C)C. The summed E-state index contributed by atoms with van der Waals surface area (Å²) >= 11 is 6.19. The number of ether oxygens (including phenoxy) is 1. The van der Waals surface area contributed by atoms with Crippen molar-refractivity contribution >= 4 is 17.5 Å². The van der Waals surface area contributed by atoms with E-state index >= 15 is 0 Å². The first-order chi connectivity index (χ1) is 8.83. The van der Waals surface area contributed by atoms with Crippen molar-refractivity contribution in [3.63, 3.8) is 0 Å². The van der Waals surface area contributed by atoms with Crippen molar-refractivity contribution in [2.45, 2.75) is 32.9 Å². The Balaban J connectivity index is 2.80. The summed E-state index contributed by atoms with van der Waals surface area (Å²) in [7, 11) is 1.58. The highest BCUT2D eigenvalue weighted by Gasteiger charge is 2.14. The molecular weight excluding hydrogens is 264 g/mol. The lowest BCUT2D eigenvalue weighted by Crippen LogP contribution is -2.35. The predicted octanol–water partition coefficient (Wildman–Crippen LogP) is 2.35. The van der Waals surface area contributed by atoms with E-state index in [-0.39, 0.29) is 18.1 Å². The third kappa shape index (κ3) is 5.49. The predicted molar refractivity (Wildman–Crippen MR) is 77.6 cm³/mol. The Kier molecular flexibility index (Phi) is 5.63. The van der Waals surface area contributed by atoms with Gasteiger partial charge in [0.1, 0.15) is 5.75 Å². The number of benzene rings is 1. The zero-order valence-corrected chi connectivity index (χ0v) is 12.6. The molecule has 1 aromatic carbocycles. The van der Waals surface area contributed by atoms with E-state index in [2.05, 4.69) is 31.4 Å². The Labute approximate surface area is 119 Å². The van der Waals surface area contributed by atoms with Crippen molar-refractivity contribution in [3.05, 3.63) is 28.8 Å². The summed E-state index contributed by atoms with van der Waals surface area (Å²) < 4.78 is 5.50. The molecule has 4 nitrogen and oxygen atoms in total. The molecule has 0 fully saturated rings. The van der Waals surface area contributed by atoms with E-state index in [1.54, 1.807) is 7.05 Å². The van der Waals surface area contributed by atoms with E-state index in [4.69, 9.17) is 16.3 Å². The van der Waals surface area contributed by atoms with Crippen molar-refractivity contribution in [2.75, 3.05) is 13.7 Å². The van der Waals surface area contributed by atoms with Crippen LogP contribution in [-0.4, -0.2) is 25.1 Å². The van der Waals surface area contributed by atoms with Crippen molar-refractivity contribution in [2.24, 2.45) is 0 Å². The summed E-state index contributed by atoms with van der Waals surface area (Å²) in [5.74, 6) is 0.461. The second-order valence-corrected chi connectivity index (χ2v) is 5.69. The molecule has 2 N–H and O–H groups in total. The van der Waals surface area contributed by atoms with Gasteiger partial charge in [-0.2, -0.15) is 0 Å². The molecule has 0 aliphatic rings. The van der Waals surface area contributed by atoms with E-state index in [0.29, 0.717) is 17.3 Å². The average molecular weight is 285 g/mol. The van der Waals surface area contributed by atoms with Crippen LogP contribution in [0.5, 0.6) is 5.75 Å². The zero-order chi connectivity index (χ0) is 14.5. The summed E-state index contributed by atoms with van der Waals surface area (Å²) in [4.78, 5) is 11.2. The maximum atomic E-state index is 11.2. The fraction of sp³-hybridized carbons (Fsp3) is 0.500. The van der Waals surface area contributed by atoms with E-state index in [9.17, 15) is 4.79 Å². The Morgan fingerprint density at radius 3 is 2.63 bits per heavy atom. The Morgan fingerprint density at radius 2 is 2.05 bits per heavy atom. The minimum absolute atomic E-state index is 0.0145. The molecular formula is C14H21ClN2O2. The molecule has 0 heterocycles. The number of nitrogens with one attached hydrogen (secondary N) is 2.